The van der Waals surface area contributed by atoms with Crippen LogP contribution in [0.5, 0.6) is 0 Å². The minimum Gasteiger partial charge on any atom is -0.379 e. The summed E-state index contributed by atoms with van der Waals surface area (Å²) in [6, 6.07) is 7.64. The van der Waals surface area contributed by atoms with Crippen molar-refractivity contribution in [2.45, 2.75) is 19.4 Å². The fourth-order valence-electron chi connectivity index (χ4n) is 1.67. The molecule has 1 heterocycles. The Kier molecular flexibility index (Phi) is 5.95. The molecule has 3 N–H and O–H groups in total. The van der Waals surface area contributed by atoms with Crippen LogP contribution in [0.15, 0.2) is 41.8 Å². The summed E-state index contributed by atoms with van der Waals surface area (Å²) in [5.41, 5.74) is 8.14. The standard InChI is InChI=1S/C14H17ClN4S/c15-12-5-3-11(4-6-12)8-18-14(16)20-7-1-2-13-9-17-10-19-13/h3-6,9-10H,1-2,7-8H2,(H2,16,18)(H,17,19)/p+2. The quantitative estimate of drug-likeness (QED) is 0.488. The average molecular weight is 311 g/mol. The van der Waals surface area contributed by atoms with Crippen molar-refractivity contribution < 1.29 is 2.85 Å². The molecule has 0 aliphatic heterocycles. The Morgan fingerprint density at radius 2 is 2.20 bits per heavy atom. The summed E-state index contributed by atoms with van der Waals surface area (Å²) in [4.78, 5) is 11.4. The van der Waals surface area contributed by atoms with Gasteiger partial charge in [0.05, 0.1) is 12.9 Å². The molecular weight excluding hydrogens is 292 g/mol. The zero-order valence-corrected chi connectivity index (χ0v) is 12.6. The van der Waals surface area contributed by atoms with Crippen molar-refractivity contribution in [3.05, 3.63) is 53.1 Å². The molecule has 0 saturated heterocycles. The molecule has 0 saturated carbocycles. The van der Waals surface area contributed by atoms with Gasteiger partial charge in [0.1, 0.15) is 0 Å². The number of nitrogens with one attached hydrogen (secondary N) is 1. The molecule has 0 aliphatic carbocycles. The Bertz CT molecular complexity index is 546. The predicted octanol–water partition coefficient (Wildman–Crippen LogP) is 3.47. The van der Waals surface area contributed by atoms with Crippen molar-refractivity contribution >= 4 is 28.5 Å². The first-order valence-corrected chi connectivity index (χ1v) is 7.75. The molecule has 0 bridgehead atoms. The van der Waals surface area contributed by atoms with Crippen molar-refractivity contribution in [3.63, 3.8) is 0 Å². The number of thioether (sulfide) groups is 1. The van der Waals surface area contributed by atoms with Crippen LogP contribution >= 0.6 is 23.4 Å². The molecule has 2 aromatic rings. The third-order valence-electron chi connectivity index (χ3n) is 2.73. The van der Waals surface area contributed by atoms with E-state index < -0.39 is 0 Å². The zero-order valence-electron chi connectivity index (χ0n) is 13.1. The van der Waals surface area contributed by atoms with Crippen LogP contribution in [0.4, 0.5) is 0 Å². The lowest BCUT2D eigenvalue weighted by atomic mass is 10.2. The van der Waals surface area contributed by atoms with E-state index in [1.165, 1.54) is 0 Å². The van der Waals surface area contributed by atoms with Gasteiger partial charge in [0.25, 0.3) is 0 Å². The Morgan fingerprint density at radius 1 is 1.40 bits per heavy atom. The second-order valence-corrected chi connectivity index (χ2v) is 5.86. The molecule has 0 unspecified atom stereocenters. The molecule has 0 amide bonds. The normalized spacial score (nSPS) is 11.8. The summed E-state index contributed by atoms with van der Waals surface area (Å²) in [7, 11) is 0. The van der Waals surface area contributed by atoms with Crippen molar-refractivity contribution in [2.24, 2.45) is 10.7 Å². The van der Waals surface area contributed by atoms with E-state index in [2.05, 4.69) is 15.0 Å². The fraction of sp³-hybridized carbons (Fsp3) is 0.286. The number of hydrogen-bond donors (Lipinski definition) is 2. The van der Waals surface area contributed by atoms with Crippen LogP contribution in [0.3, 0.4) is 0 Å². The number of hydrogen-bond acceptors (Lipinski definition) is 3. The second kappa shape index (κ2) is 7.97. The van der Waals surface area contributed by atoms with Crippen molar-refractivity contribution in [2.75, 3.05) is 5.75 Å². The van der Waals surface area contributed by atoms with Gasteiger partial charge in [-0.15, -0.1) is 0 Å². The molecule has 1 aromatic heterocycles. The number of rotatable bonds is 6. The van der Waals surface area contributed by atoms with Crippen LogP contribution < -0.4 is 5.73 Å². The van der Waals surface area contributed by atoms with E-state index in [0.29, 0.717) is 11.7 Å². The zero-order chi connectivity index (χ0) is 14.2. The van der Waals surface area contributed by atoms with Gasteiger partial charge in [-0.3, -0.25) is 4.99 Å². The third-order valence-corrected chi connectivity index (χ3v) is 3.90. The number of H-pyrrole nitrogens is 1. The molecule has 6 heteroatoms. The number of aromatic amines is 1. The minimum atomic E-state index is 0. The number of halogens is 1. The Morgan fingerprint density at radius 3 is 2.90 bits per heavy atom. The Hall–Kier alpha value is -1.46. The topological polar surface area (TPSA) is 67.1 Å². The van der Waals surface area contributed by atoms with Gasteiger partial charge in [-0.2, -0.15) is 0 Å². The molecule has 1 aromatic carbocycles. The van der Waals surface area contributed by atoms with Gasteiger partial charge in [0.15, 0.2) is 5.17 Å². The number of nitrogens with two attached hydrogens (primary N) is 1. The van der Waals surface area contributed by atoms with Gasteiger partial charge in [0.2, 0.25) is 0 Å². The lowest BCUT2D eigenvalue weighted by Gasteiger charge is -2.01. The molecule has 0 radical (unpaired) electrons. The number of aryl methyl sites for hydroxylation is 1. The Labute approximate surface area is 130 Å². The van der Waals surface area contributed by atoms with E-state index in [1.54, 1.807) is 18.1 Å². The highest BCUT2D eigenvalue weighted by atomic mass is 35.5. The summed E-state index contributed by atoms with van der Waals surface area (Å²) < 4.78 is 0. The average Bonchev–Trinajstić information content (AvgIpc) is 2.96. The molecule has 0 spiro atoms. The first kappa shape index (κ1) is 14.9. The number of nitrogens with zero attached hydrogens (tertiary/aromatic N) is 2. The molecule has 106 valence electrons. The van der Waals surface area contributed by atoms with Crippen LogP contribution in [-0.4, -0.2) is 20.9 Å². The maximum atomic E-state index is 5.88. The number of benzene rings is 1. The predicted molar refractivity (Wildman–Crippen MR) is 88.4 cm³/mol. The lowest BCUT2D eigenvalue weighted by molar-refractivity contribution is 0.903. The van der Waals surface area contributed by atoms with Crippen molar-refractivity contribution in [1.82, 2.24) is 9.97 Å². The van der Waals surface area contributed by atoms with Crippen LogP contribution in [0.2, 0.25) is 5.02 Å². The van der Waals surface area contributed by atoms with Crippen molar-refractivity contribution in [1.29, 1.82) is 0 Å². The Balaban J connectivity index is 0.00000220. The van der Waals surface area contributed by atoms with Crippen LogP contribution in [-0.2, 0) is 13.0 Å². The molecule has 0 atom stereocenters. The molecular formula is C14H19ClN4S+2. The van der Waals surface area contributed by atoms with E-state index in [9.17, 15) is 0 Å². The van der Waals surface area contributed by atoms with E-state index in [1.807, 2.05) is 30.5 Å². The van der Waals surface area contributed by atoms with Crippen LogP contribution in [0.25, 0.3) is 0 Å². The van der Waals surface area contributed by atoms with E-state index in [0.717, 1.165) is 34.9 Å². The van der Waals surface area contributed by atoms with Crippen LogP contribution in [0.1, 0.15) is 20.5 Å². The maximum Gasteiger partial charge on any atom is 1.00 e. The summed E-state index contributed by atoms with van der Waals surface area (Å²) in [5, 5.41) is 1.36. The first-order valence-electron chi connectivity index (χ1n) is 6.38. The maximum absolute atomic E-state index is 5.88. The number of aliphatic imine (C=N–C) groups is 1. The van der Waals surface area contributed by atoms with Gasteiger partial charge in [-0.25, -0.2) is 4.98 Å². The first-order chi connectivity index (χ1) is 9.74. The van der Waals surface area contributed by atoms with Crippen molar-refractivity contribution in [3.8, 4) is 0 Å². The molecule has 20 heavy (non-hydrogen) atoms. The molecule has 2 rings (SSSR count). The summed E-state index contributed by atoms with van der Waals surface area (Å²) in [6.45, 7) is 0.594. The van der Waals surface area contributed by atoms with Gasteiger partial charge >= 0.3 is 2.85 Å². The molecule has 4 nitrogen and oxygen atoms in total. The minimum absolute atomic E-state index is 0. The summed E-state index contributed by atoms with van der Waals surface area (Å²) in [6.07, 6.45) is 5.58. The largest absolute Gasteiger partial charge is 1.00 e. The molecule has 0 aliphatic rings. The van der Waals surface area contributed by atoms with Gasteiger partial charge < -0.3 is 10.7 Å². The van der Waals surface area contributed by atoms with Gasteiger partial charge in [-0.05, 0) is 30.5 Å². The number of amidine groups is 1. The number of aromatic nitrogens is 2. The number of imidazole rings is 1. The van der Waals surface area contributed by atoms with Gasteiger partial charge in [0, 0.05) is 22.7 Å². The SMILES string of the molecule is NC(=NCc1ccc(Cl)cc1)SCCCc1cnc[nH]1.[H+].[H+]. The third kappa shape index (κ3) is 5.27. The smallest absolute Gasteiger partial charge is 0.379 e. The second-order valence-electron chi connectivity index (χ2n) is 4.31. The molecule has 0 fully saturated rings. The highest BCUT2D eigenvalue weighted by molar-refractivity contribution is 8.13. The lowest BCUT2D eigenvalue weighted by Crippen LogP contribution is -2.08. The summed E-state index contributed by atoms with van der Waals surface area (Å²) in [5.74, 6) is 0.953. The van der Waals surface area contributed by atoms with E-state index in [4.69, 9.17) is 17.3 Å². The highest BCUT2D eigenvalue weighted by Gasteiger charge is 1.98. The van der Waals surface area contributed by atoms with Gasteiger partial charge in [-0.1, -0.05) is 35.5 Å². The highest BCUT2D eigenvalue weighted by Crippen LogP contribution is 2.11. The monoisotopic (exact) mass is 310 g/mol. The fourth-order valence-corrected chi connectivity index (χ4v) is 2.45. The van der Waals surface area contributed by atoms with E-state index >= 15 is 0 Å². The van der Waals surface area contributed by atoms with E-state index in [-0.39, 0.29) is 2.85 Å². The van der Waals surface area contributed by atoms with Crippen LogP contribution in [0, 0.1) is 0 Å². The summed E-state index contributed by atoms with van der Waals surface area (Å²) >= 11 is 7.42.